The zero-order valence-corrected chi connectivity index (χ0v) is 24.5. The Morgan fingerprint density at radius 3 is 1.70 bits per heavy atom. The van der Waals surface area contributed by atoms with Gasteiger partial charge in [-0.25, -0.2) is 4.79 Å². The SMILES string of the molecule is CCCCCCCCCCCCCCCCCCOC(=O)[C@H](CCCNC(=N)N)NC(=O)CCC(C)C. The summed E-state index contributed by atoms with van der Waals surface area (Å²) < 4.78 is 5.49. The van der Waals surface area contributed by atoms with Gasteiger partial charge in [-0.15, -0.1) is 0 Å². The monoisotopic (exact) mass is 524 g/mol. The van der Waals surface area contributed by atoms with Gasteiger partial charge in [0.15, 0.2) is 5.96 Å². The summed E-state index contributed by atoms with van der Waals surface area (Å²) in [7, 11) is 0. The van der Waals surface area contributed by atoms with E-state index >= 15 is 0 Å². The van der Waals surface area contributed by atoms with Crippen LogP contribution < -0.4 is 16.4 Å². The lowest BCUT2D eigenvalue weighted by Crippen LogP contribution is -2.42. The summed E-state index contributed by atoms with van der Waals surface area (Å²) >= 11 is 0. The molecule has 0 aliphatic carbocycles. The van der Waals surface area contributed by atoms with E-state index < -0.39 is 6.04 Å². The second-order valence-corrected chi connectivity index (χ2v) is 11.0. The summed E-state index contributed by atoms with van der Waals surface area (Å²) in [4.78, 5) is 24.8. The zero-order chi connectivity index (χ0) is 27.6. The lowest BCUT2D eigenvalue weighted by atomic mass is 10.0. The first-order chi connectivity index (χ1) is 17.9. The predicted octanol–water partition coefficient (Wildman–Crippen LogP) is 6.98. The molecule has 0 spiro atoms. The van der Waals surface area contributed by atoms with Gasteiger partial charge in [-0.3, -0.25) is 10.2 Å². The Labute approximate surface area is 228 Å². The van der Waals surface area contributed by atoms with Gasteiger partial charge in [0, 0.05) is 13.0 Å². The highest BCUT2D eigenvalue weighted by atomic mass is 16.5. The molecule has 7 heteroatoms. The molecule has 0 heterocycles. The molecule has 0 bridgehead atoms. The number of ether oxygens (including phenoxy) is 1. The number of rotatable bonds is 26. The summed E-state index contributed by atoms with van der Waals surface area (Å²) in [5.74, 6) is -0.131. The van der Waals surface area contributed by atoms with Crippen molar-refractivity contribution in [3.05, 3.63) is 0 Å². The van der Waals surface area contributed by atoms with Crippen LogP contribution in [0.3, 0.4) is 0 Å². The molecule has 1 atom stereocenters. The van der Waals surface area contributed by atoms with E-state index in [1.165, 1.54) is 89.9 Å². The van der Waals surface area contributed by atoms with Crippen molar-refractivity contribution in [2.45, 2.75) is 155 Å². The van der Waals surface area contributed by atoms with Crippen molar-refractivity contribution < 1.29 is 14.3 Å². The van der Waals surface area contributed by atoms with Crippen LogP contribution in [0.1, 0.15) is 149 Å². The first-order valence-corrected chi connectivity index (χ1v) is 15.4. The predicted molar refractivity (Wildman–Crippen MR) is 156 cm³/mol. The lowest BCUT2D eigenvalue weighted by molar-refractivity contribution is -0.148. The number of nitrogens with one attached hydrogen (secondary N) is 3. The van der Waals surface area contributed by atoms with Gasteiger partial charge in [0.1, 0.15) is 6.04 Å². The quantitative estimate of drug-likeness (QED) is 0.0421. The Morgan fingerprint density at radius 1 is 0.757 bits per heavy atom. The van der Waals surface area contributed by atoms with E-state index in [2.05, 4.69) is 31.4 Å². The van der Waals surface area contributed by atoms with Gasteiger partial charge in [0.2, 0.25) is 5.91 Å². The van der Waals surface area contributed by atoms with E-state index in [4.69, 9.17) is 15.9 Å². The number of carbonyl (C=O) groups excluding carboxylic acids is 2. The molecule has 5 N–H and O–H groups in total. The summed E-state index contributed by atoms with van der Waals surface area (Å²) in [5, 5.41) is 12.8. The fraction of sp³-hybridized carbons (Fsp3) is 0.900. The van der Waals surface area contributed by atoms with Crippen molar-refractivity contribution >= 4 is 17.8 Å². The van der Waals surface area contributed by atoms with Gasteiger partial charge in [0.05, 0.1) is 6.61 Å². The number of hydrogen-bond donors (Lipinski definition) is 4. The van der Waals surface area contributed by atoms with E-state index in [0.717, 1.165) is 19.3 Å². The van der Waals surface area contributed by atoms with E-state index in [-0.39, 0.29) is 17.8 Å². The summed E-state index contributed by atoms with van der Waals surface area (Å²) in [6.07, 6.45) is 23.2. The second-order valence-electron chi connectivity index (χ2n) is 11.0. The van der Waals surface area contributed by atoms with Crippen LogP contribution in [-0.2, 0) is 14.3 Å². The minimum absolute atomic E-state index is 0.0939. The van der Waals surface area contributed by atoms with Gasteiger partial charge in [-0.1, -0.05) is 117 Å². The van der Waals surface area contributed by atoms with Gasteiger partial charge >= 0.3 is 5.97 Å². The third-order valence-corrected chi connectivity index (χ3v) is 6.80. The molecule has 0 aliphatic rings. The van der Waals surface area contributed by atoms with Crippen LogP contribution in [0.25, 0.3) is 0 Å². The molecule has 0 radical (unpaired) electrons. The average molecular weight is 525 g/mol. The van der Waals surface area contributed by atoms with Gasteiger partial charge in [-0.2, -0.15) is 0 Å². The molecule has 0 fully saturated rings. The number of amides is 1. The van der Waals surface area contributed by atoms with Crippen LogP contribution in [0.5, 0.6) is 0 Å². The number of unbranched alkanes of at least 4 members (excludes halogenated alkanes) is 15. The standard InChI is InChI=1S/C30H60N4O3/c1-4-5-6-7-8-9-10-11-12-13-14-15-16-17-18-19-25-37-29(36)27(21-20-24-33-30(31)32)34-28(35)23-22-26(2)3/h26-27H,4-25H2,1-3H3,(H,34,35)(H4,31,32,33)/t27-/m0/s1. The lowest BCUT2D eigenvalue weighted by Gasteiger charge is -2.18. The van der Waals surface area contributed by atoms with Gasteiger partial charge in [0.25, 0.3) is 0 Å². The van der Waals surface area contributed by atoms with Gasteiger partial charge < -0.3 is 21.1 Å². The fourth-order valence-corrected chi connectivity index (χ4v) is 4.39. The largest absolute Gasteiger partial charge is 0.464 e. The zero-order valence-electron chi connectivity index (χ0n) is 24.5. The van der Waals surface area contributed by atoms with Crippen molar-refractivity contribution in [1.29, 1.82) is 5.41 Å². The highest BCUT2D eigenvalue weighted by Crippen LogP contribution is 2.14. The number of nitrogens with two attached hydrogens (primary N) is 1. The molecular formula is C30H60N4O3. The highest BCUT2D eigenvalue weighted by Gasteiger charge is 2.22. The summed E-state index contributed by atoms with van der Waals surface area (Å²) in [6, 6.07) is -0.644. The van der Waals surface area contributed by atoms with Crippen molar-refractivity contribution in [3.63, 3.8) is 0 Å². The number of hydrogen-bond acceptors (Lipinski definition) is 4. The minimum atomic E-state index is -0.644. The second kappa shape index (κ2) is 25.8. The van der Waals surface area contributed by atoms with E-state index in [1.807, 2.05) is 0 Å². The molecule has 218 valence electrons. The maximum Gasteiger partial charge on any atom is 0.328 e. The fourth-order valence-electron chi connectivity index (χ4n) is 4.39. The Bertz CT molecular complexity index is 569. The van der Waals surface area contributed by atoms with Crippen molar-refractivity contribution in [3.8, 4) is 0 Å². The molecule has 0 rings (SSSR count). The maximum atomic E-state index is 12.6. The van der Waals surface area contributed by atoms with Gasteiger partial charge in [-0.05, 0) is 31.6 Å². The van der Waals surface area contributed by atoms with E-state index in [1.54, 1.807) is 0 Å². The Kier molecular flexibility index (Phi) is 24.6. The Morgan fingerprint density at radius 2 is 1.24 bits per heavy atom. The first-order valence-electron chi connectivity index (χ1n) is 15.4. The molecule has 0 aromatic carbocycles. The van der Waals surface area contributed by atoms with Crippen LogP contribution in [0, 0.1) is 11.3 Å². The molecule has 0 unspecified atom stereocenters. The van der Waals surface area contributed by atoms with Crippen LogP contribution in [0.15, 0.2) is 0 Å². The smallest absolute Gasteiger partial charge is 0.328 e. The number of guanidine groups is 1. The molecular weight excluding hydrogens is 464 g/mol. The summed E-state index contributed by atoms with van der Waals surface area (Å²) in [5.41, 5.74) is 5.31. The van der Waals surface area contributed by atoms with Crippen molar-refractivity contribution in [2.24, 2.45) is 11.7 Å². The highest BCUT2D eigenvalue weighted by molar-refractivity contribution is 5.84. The molecule has 7 nitrogen and oxygen atoms in total. The maximum absolute atomic E-state index is 12.6. The number of carbonyl (C=O) groups is 2. The molecule has 0 aliphatic heterocycles. The normalized spacial score (nSPS) is 11.9. The van der Waals surface area contributed by atoms with Crippen LogP contribution in [0.2, 0.25) is 0 Å². The average Bonchev–Trinajstić information content (AvgIpc) is 2.86. The molecule has 1 amide bonds. The van der Waals surface area contributed by atoms with Crippen LogP contribution >= 0.6 is 0 Å². The van der Waals surface area contributed by atoms with Crippen LogP contribution in [0.4, 0.5) is 0 Å². The van der Waals surface area contributed by atoms with Crippen molar-refractivity contribution in [2.75, 3.05) is 13.2 Å². The van der Waals surface area contributed by atoms with E-state index in [0.29, 0.717) is 38.3 Å². The third kappa shape index (κ3) is 25.6. The molecule has 0 saturated heterocycles. The van der Waals surface area contributed by atoms with Crippen molar-refractivity contribution in [1.82, 2.24) is 10.6 Å². The number of esters is 1. The Hall–Kier alpha value is -1.79. The topological polar surface area (TPSA) is 117 Å². The molecule has 0 aromatic rings. The third-order valence-electron chi connectivity index (χ3n) is 6.80. The molecule has 37 heavy (non-hydrogen) atoms. The minimum Gasteiger partial charge on any atom is -0.464 e. The first kappa shape index (κ1) is 35.2. The van der Waals surface area contributed by atoms with Crippen LogP contribution in [-0.4, -0.2) is 37.0 Å². The summed E-state index contributed by atoms with van der Waals surface area (Å²) in [6.45, 7) is 7.31. The molecule has 0 saturated carbocycles. The molecule has 0 aromatic heterocycles. The van der Waals surface area contributed by atoms with E-state index in [9.17, 15) is 9.59 Å². The Balaban J connectivity index is 3.84.